The van der Waals surface area contributed by atoms with E-state index in [1.54, 1.807) is 15.1 Å². The first-order chi connectivity index (χ1) is 7.95. The summed E-state index contributed by atoms with van der Waals surface area (Å²) in [6.45, 7) is 1.94. The molecule has 1 fully saturated rings. The van der Waals surface area contributed by atoms with Gasteiger partial charge in [0.15, 0.2) is 0 Å². The second-order valence-corrected chi connectivity index (χ2v) is 6.57. The Hall–Kier alpha value is -1.08. The Bertz CT molecular complexity index is 482. The molecule has 1 saturated heterocycles. The van der Waals surface area contributed by atoms with Crippen LogP contribution in [0, 0.1) is 5.92 Å². The molecule has 0 aliphatic carbocycles. The Labute approximate surface area is 101 Å². The van der Waals surface area contributed by atoms with Crippen LogP contribution in [-0.2, 0) is 16.6 Å². The molecule has 1 unspecified atom stereocenters. The number of aromatic nitrogens is 2. The highest BCUT2D eigenvalue weighted by Crippen LogP contribution is 2.20. The Balaban J connectivity index is 1.98. The molecule has 6 nitrogen and oxygen atoms in total. The van der Waals surface area contributed by atoms with Gasteiger partial charge in [-0.15, -0.1) is 0 Å². The molecule has 1 aliphatic rings. The Morgan fingerprint density at radius 2 is 2.35 bits per heavy atom. The van der Waals surface area contributed by atoms with E-state index in [1.807, 2.05) is 6.20 Å². The first-order valence-electron chi connectivity index (χ1n) is 5.69. The lowest BCUT2D eigenvalue weighted by molar-refractivity contribution is 0.241. The fourth-order valence-electron chi connectivity index (χ4n) is 2.22. The highest BCUT2D eigenvalue weighted by Gasteiger charge is 2.26. The monoisotopic (exact) mass is 258 g/mol. The zero-order chi connectivity index (χ0) is 12.5. The van der Waals surface area contributed by atoms with Crippen molar-refractivity contribution in [2.75, 3.05) is 25.1 Å². The van der Waals surface area contributed by atoms with E-state index in [1.165, 1.54) is 6.26 Å². The molecule has 2 N–H and O–H groups in total. The van der Waals surface area contributed by atoms with Gasteiger partial charge in [-0.2, -0.15) is 5.10 Å². The van der Waals surface area contributed by atoms with Crippen LogP contribution >= 0.6 is 0 Å². The molecule has 1 aliphatic heterocycles. The van der Waals surface area contributed by atoms with Crippen molar-refractivity contribution in [2.45, 2.75) is 19.4 Å². The summed E-state index contributed by atoms with van der Waals surface area (Å²) >= 11 is 0. The normalized spacial score (nSPS) is 22.8. The molecule has 0 bridgehead atoms. The van der Waals surface area contributed by atoms with E-state index >= 15 is 0 Å². The van der Waals surface area contributed by atoms with Gasteiger partial charge in [-0.05, 0) is 24.8 Å². The molecule has 1 atom stereocenters. The quantitative estimate of drug-likeness (QED) is 0.836. The molecule has 0 aromatic carbocycles. The van der Waals surface area contributed by atoms with Crippen LogP contribution in [0.1, 0.15) is 12.8 Å². The van der Waals surface area contributed by atoms with E-state index in [0.717, 1.165) is 19.4 Å². The maximum absolute atomic E-state index is 11.5. The number of rotatable bonds is 3. The summed E-state index contributed by atoms with van der Waals surface area (Å²) in [5.74, 6) is 0.818. The molecule has 0 saturated carbocycles. The fraction of sp³-hybridized carbons (Fsp3) is 0.700. The number of nitrogens with zero attached hydrogens (tertiary/aromatic N) is 3. The van der Waals surface area contributed by atoms with Crippen LogP contribution < -0.4 is 5.73 Å². The van der Waals surface area contributed by atoms with Crippen LogP contribution in [0.3, 0.4) is 0 Å². The lowest BCUT2D eigenvalue weighted by atomic mass is 10.00. The van der Waals surface area contributed by atoms with Gasteiger partial charge in [0.25, 0.3) is 0 Å². The minimum absolute atomic E-state index is 0.317. The van der Waals surface area contributed by atoms with Crippen LogP contribution in [-0.4, -0.2) is 41.8 Å². The molecule has 17 heavy (non-hydrogen) atoms. The molecule has 96 valence electrons. The summed E-state index contributed by atoms with van der Waals surface area (Å²) < 4.78 is 26.3. The zero-order valence-corrected chi connectivity index (χ0v) is 10.7. The summed E-state index contributed by atoms with van der Waals surface area (Å²) in [6, 6.07) is 1.75. The van der Waals surface area contributed by atoms with Crippen LogP contribution in [0.2, 0.25) is 0 Å². The Morgan fingerprint density at radius 1 is 1.59 bits per heavy atom. The van der Waals surface area contributed by atoms with E-state index < -0.39 is 10.0 Å². The SMILES string of the molecule is CS(=O)(=O)N1CCCC(Cn2ccc(N)n2)C1. The van der Waals surface area contributed by atoms with Crippen molar-refractivity contribution in [1.82, 2.24) is 14.1 Å². The minimum Gasteiger partial charge on any atom is -0.382 e. The van der Waals surface area contributed by atoms with Crippen LogP contribution in [0.25, 0.3) is 0 Å². The Morgan fingerprint density at radius 3 is 2.94 bits per heavy atom. The van der Waals surface area contributed by atoms with Gasteiger partial charge in [0.2, 0.25) is 10.0 Å². The average Bonchev–Trinajstić information content (AvgIpc) is 2.63. The van der Waals surface area contributed by atoms with Crippen molar-refractivity contribution in [3.05, 3.63) is 12.3 Å². The van der Waals surface area contributed by atoms with Gasteiger partial charge in [-0.3, -0.25) is 4.68 Å². The molecule has 2 heterocycles. The predicted molar refractivity (Wildman–Crippen MR) is 65.8 cm³/mol. The summed E-state index contributed by atoms with van der Waals surface area (Å²) in [7, 11) is -3.07. The number of nitrogens with two attached hydrogens (primary N) is 1. The summed E-state index contributed by atoms with van der Waals surface area (Å²) in [6.07, 6.45) is 5.04. The minimum atomic E-state index is -3.07. The van der Waals surface area contributed by atoms with Gasteiger partial charge >= 0.3 is 0 Å². The standard InChI is InChI=1S/C10H18N4O2S/c1-17(15,16)14-5-2-3-9(8-14)7-13-6-4-10(11)12-13/h4,6,9H,2-3,5,7-8H2,1H3,(H2,11,12). The maximum Gasteiger partial charge on any atom is 0.211 e. The molecule has 0 spiro atoms. The highest BCUT2D eigenvalue weighted by atomic mass is 32.2. The van der Waals surface area contributed by atoms with Crippen molar-refractivity contribution >= 4 is 15.8 Å². The molecule has 7 heteroatoms. The number of anilines is 1. The van der Waals surface area contributed by atoms with Crippen LogP contribution in [0.4, 0.5) is 5.82 Å². The summed E-state index contributed by atoms with van der Waals surface area (Å²) in [4.78, 5) is 0. The summed E-state index contributed by atoms with van der Waals surface area (Å²) in [5.41, 5.74) is 5.54. The van der Waals surface area contributed by atoms with E-state index in [2.05, 4.69) is 5.10 Å². The van der Waals surface area contributed by atoms with Gasteiger partial charge in [-0.1, -0.05) is 0 Å². The van der Waals surface area contributed by atoms with E-state index in [9.17, 15) is 8.42 Å². The second-order valence-electron chi connectivity index (χ2n) is 4.59. The van der Waals surface area contributed by atoms with Gasteiger partial charge in [0.05, 0.1) is 6.26 Å². The largest absolute Gasteiger partial charge is 0.382 e. The van der Waals surface area contributed by atoms with Gasteiger partial charge in [0, 0.05) is 25.8 Å². The maximum atomic E-state index is 11.5. The average molecular weight is 258 g/mol. The topological polar surface area (TPSA) is 81.2 Å². The highest BCUT2D eigenvalue weighted by molar-refractivity contribution is 7.88. The van der Waals surface area contributed by atoms with Crippen molar-refractivity contribution in [3.63, 3.8) is 0 Å². The van der Waals surface area contributed by atoms with Gasteiger partial charge in [-0.25, -0.2) is 12.7 Å². The van der Waals surface area contributed by atoms with E-state index in [0.29, 0.717) is 24.8 Å². The molecular formula is C10H18N4O2S. The van der Waals surface area contributed by atoms with Crippen molar-refractivity contribution < 1.29 is 8.42 Å². The molecule has 0 radical (unpaired) electrons. The lowest BCUT2D eigenvalue weighted by Gasteiger charge is -2.30. The fourth-order valence-corrected chi connectivity index (χ4v) is 3.16. The first kappa shape index (κ1) is 12.4. The second kappa shape index (κ2) is 4.66. The third-order valence-corrected chi connectivity index (χ3v) is 4.33. The molecule has 1 aromatic rings. The molecule has 0 amide bonds. The third-order valence-electron chi connectivity index (χ3n) is 3.06. The molecule has 1 aromatic heterocycles. The molecular weight excluding hydrogens is 240 g/mol. The van der Waals surface area contributed by atoms with Crippen LogP contribution in [0.5, 0.6) is 0 Å². The number of nitrogen functional groups attached to an aromatic ring is 1. The Kier molecular flexibility index (Phi) is 3.39. The number of hydrogen-bond acceptors (Lipinski definition) is 4. The van der Waals surface area contributed by atoms with Gasteiger partial charge in [0.1, 0.15) is 5.82 Å². The molecule has 2 rings (SSSR count). The van der Waals surface area contributed by atoms with Crippen molar-refractivity contribution in [2.24, 2.45) is 5.92 Å². The van der Waals surface area contributed by atoms with Crippen molar-refractivity contribution in [3.8, 4) is 0 Å². The summed E-state index contributed by atoms with van der Waals surface area (Å²) in [5, 5.41) is 4.12. The van der Waals surface area contributed by atoms with Gasteiger partial charge < -0.3 is 5.73 Å². The predicted octanol–water partition coefficient (Wildman–Crippen LogP) is 0.137. The first-order valence-corrected chi connectivity index (χ1v) is 7.54. The number of sulfonamides is 1. The van der Waals surface area contributed by atoms with E-state index in [-0.39, 0.29) is 0 Å². The number of hydrogen-bond donors (Lipinski definition) is 1. The van der Waals surface area contributed by atoms with E-state index in [4.69, 9.17) is 5.73 Å². The smallest absolute Gasteiger partial charge is 0.211 e. The van der Waals surface area contributed by atoms with Crippen LogP contribution in [0.15, 0.2) is 12.3 Å². The lowest BCUT2D eigenvalue weighted by Crippen LogP contribution is -2.40. The zero-order valence-electron chi connectivity index (χ0n) is 9.91. The number of piperidine rings is 1. The third kappa shape index (κ3) is 3.19. The van der Waals surface area contributed by atoms with Crippen molar-refractivity contribution in [1.29, 1.82) is 0 Å².